The van der Waals surface area contributed by atoms with Gasteiger partial charge in [0.2, 0.25) is 0 Å². The molecule has 0 radical (unpaired) electrons. The molecule has 0 atom stereocenters. The van der Waals surface area contributed by atoms with E-state index in [2.05, 4.69) is 23.8 Å². The molecule has 1 aliphatic rings. The fraction of sp³-hybridized carbons (Fsp3) is 0.615. The zero-order chi connectivity index (χ0) is 11.5. The van der Waals surface area contributed by atoms with Crippen LogP contribution in [0.3, 0.4) is 0 Å². The Morgan fingerprint density at radius 3 is 2.62 bits per heavy atom. The summed E-state index contributed by atoms with van der Waals surface area (Å²) < 4.78 is 0. The average molecular weight is 218 g/mol. The summed E-state index contributed by atoms with van der Waals surface area (Å²) in [5, 5.41) is 0. The Hall–Kier alpha value is -1.25. The maximum absolute atomic E-state index is 11.2. The van der Waals surface area contributed by atoms with Crippen molar-refractivity contribution in [2.24, 2.45) is 0 Å². The van der Waals surface area contributed by atoms with Gasteiger partial charge in [0.15, 0.2) is 0 Å². The predicted molar refractivity (Wildman–Crippen MR) is 62.3 cm³/mol. The normalized spacial score (nSPS) is 18.1. The minimum Gasteiger partial charge on any atom is -0.300 e. The second kappa shape index (κ2) is 4.73. The number of ketones is 1. The topological polar surface area (TPSA) is 42.9 Å². The Labute approximate surface area is 96.3 Å². The molecule has 0 bridgehead atoms. The lowest BCUT2D eigenvalue weighted by molar-refractivity contribution is -0.120. The van der Waals surface area contributed by atoms with Crippen LogP contribution in [-0.4, -0.2) is 15.8 Å². The van der Waals surface area contributed by atoms with Gasteiger partial charge in [-0.05, 0) is 24.8 Å². The molecule has 0 aromatic carbocycles. The van der Waals surface area contributed by atoms with E-state index in [-0.39, 0.29) is 0 Å². The monoisotopic (exact) mass is 218 g/mol. The highest BCUT2D eigenvalue weighted by atomic mass is 16.1. The van der Waals surface area contributed by atoms with Crippen LogP contribution in [0.15, 0.2) is 12.3 Å². The maximum Gasteiger partial charge on any atom is 0.132 e. The van der Waals surface area contributed by atoms with Crippen LogP contribution >= 0.6 is 0 Å². The number of Topliss-reactive ketones (excluding diaryl/α,β-unsaturated/α-hetero) is 1. The first-order valence-corrected chi connectivity index (χ1v) is 6.01. The summed E-state index contributed by atoms with van der Waals surface area (Å²) in [6.07, 6.45) is 5.06. The third kappa shape index (κ3) is 2.46. The highest BCUT2D eigenvalue weighted by Gasteiger charge is 2.22. The summed E-state index contributed by atoms with van der Waals surface area (Å²) in [6.45, 7) is 4.27. The molecule has 1 aromatic heterocycles. The third-order valence-electron chi connectivity index (χ3n) is 3.20. The van der Waals surface area contributed by atoms with Crippen LogP contribution in [0.2, 0.25) is 0 Å². The summed E-state index contributed by atoms with van der Waals surface area (Å²) in [4.78, 5) is 20.1. The van der Waals surface area contributed by atoms with Gasteiger partial charge in [0.1, 0.15) is 11.6 Å². The molecule has 0 saturated heterocycles. The minimum atomic E-state index is 0.385. The second-order valence-corrected chi connectivity index (χ2v) is 4.81. The lowest BCUT2D eigenvalue weighted by atomic mass is 9.88. The molecular formula is C13H18N2O. The van der Waals surface area contributed by atoms with Crippen molar-refractivity contribution in [3.8, 4) is 0 Å². The number of hydrogen-bond acceptors (Lipinski definition) is 3. The van der Waals surface area contributed by atoms with E-state index in [9.17, 15) is 4.79 Å². The van der Waals surface area contributed by atoms with Crippen molar-refractivity contribution in [1.29, 1.82) is 0 Å². The Kier molecular flexibility index (Phi) is 3.32. The van der Waals surface area contributed by atoms with E-state index in [1.54, 1.807) is 0 Å². The molecule has 86 valence electrons. The maximum atomic E-state index is 11.2. The average Bonchev–Trinajstić information content (AvgIpc) is 2.30. The van der Waals surface area contributed by atoms with E-state index in [1.807, 2.05) is 12.3 Å². The molecule has 16 heavy (non-hydrogen) atoms. The first-order chi connectivity index (χ1) is 7.66. The first kappa shape index (κ1) is 11.2. The first-order valence-electron chi connectivity index (χ1n) is 6.01. The second-order valence-electron chi connectivity index (χ2n) is 4.81. The molecule has 0 spiro atoms. The summed E-state index contributed by atoms with van der Waals surface area (Å²) in [5.41, 5.74) is 1.10. The number of hydrogen-bond donors (Lipinski definition) is 0. The van der Waals surface area contributed by atoms with E-state index in [1.165, 1.54) is 0 Å². The molecule has 3 heteroatoms. The molecular weight excluding hydrogens is 200 g/mol. The van der Waals surface area contributed by atoms with Gasteiger partial charge in [0, 0.05) is 30.7 Å². The zero-order valence-corrected chi connectivity index (χ0v) is 9.94. The summed E-state index contributed by atoms with van der Waals surface area (Å²) in [5.74, 6) is 2.14. The third-order valence-corrected chi connectivity index (χ3v) is 3.20. The van der Waals surface area contributed by atoms with Gasteiger partial charge in [-0.1, -0.05) is 13.8 Å². The molecule has 0 aliphatic heterocycles. The van der Waals surface area contributed by atoms with Gasteiger partial charge in [-0.2, -0.15) is 0 Å². The van der Waals surface area contributed by atoms with Gasteiger partial charge < -0.3 is 0 Å². The van der Waals surface area contributed by atoms with Crippen LogP contribution in [0.4, 0.5) is 0 Å². The van der Waals surface area contributed by atoms with Crippen LogP contribution in [0.1, 0.15) is 62.9 Å². The molecule has 2 rings (SSSR count). The van der Waals surface area contributed by atoms with E-state index in [4.69, 9.17) is 0 Å². The fourth-order valence-electron chi connectivity index (χ4n) is 2.10. The summed E-state index contributed by atoms with van der Waals surface area (Å²) in [7, 11) is 0. The number of nitrogens with zero attached hydrogens (tertiary/aromatic N) is 2. The molecule has 0 amide bonds. The molecule has 1 saturated carbocycles. The summed E-state index contributed by atoms with van der Waals surface area (Å²) >= 11 is 0. The van der Waals surface area contributed by atoms with Crippen molar-refractivity contribution in [3.63, 3.8) is 0 Å². The largest absolute Gasteiger partial charge is 0.300 e. The summed E-state index contributed by atoms with van der Waals surface area (Å²) in [6, 6.07) is 1.97. The van der Waals surface area contributed by atoms with Gasteiger partial charge in [-0.3, -0.25) is 4.79 Å². The van der Waals surface area contributed by atoms with Crippen LogP contribution < -0.4 is 0 Å². The molecule has 0 unspecified atom stereocenters. The van der Waals surface area contributed by atoms with Crippen molar-refractivity contribution in [3.05, 3.63) is 23.8 Å². The van der Waals surface area contributed by atoms with Gasteiger partial charge in [-0.25, -0.2) is 9.97 Å². The number of carbonyl (C=O) groups excluding carboxylic acids is 1. The van der Waals surface area contributed by atoms with Crippen molar-refractivity contribution in [1.82, 2.24) is 9.97 Å². The van der Waals surface area contributed by atoms with E-state index in [0.29, 0.717) is 30.5 Å². The van der Waals surface area contributed by atoms with Gasteiger partial charge in [-0.15, -0.1) is 0 Å². The molecule has 1 aliphatic carbocycles. The van der Waals surface area contributed by atoms with Crippen LogP contribution in [0, 0.1) is 0 Å². The van der Waals surface area contributed by atoms with E-state index in [0.717, 1.165) is 24.4 Å². The minimum absolute atomic E-state index is 0.385. The fourth-order valence-corrected chi connectivity index (χ4v) is 2.10. The Morgan fingerprint density at radius 2 is 2.00 bits per heavy atom. The molecule has 3 nitrogen and oxygen atoms in total. The standard InChI is InChI=1S/C13H18N2O/c1-9(2)12-7-8-14-13(15-12)10-3-5-11(16)6-4-10/h7-10H,3-6H2,1-2H3. The van der Waals surface area contributed by atoms with Crippen LogP contribution in [0.5, 0.6) is 0 Å². The molecule has 1 heterocycles. The van der Waals surface area contributed by atoms with Gasteiger partial charge in [0.25, 0.3) is 0 Å². The number of carbonyl (C=O) groups is 1. The zero-order valence-electron chi connectivity index (χ0n) is 9.94. The van der Waals surface area contributed by atoms with Crippen molar-refractivity contribution >= 4 is 5.78 Å². The van der Waals surface area contributed by atoms with Crippen molar-refractivity contribution in [2.45, 2.75) is 51.4 Å². The Morgan fingerprint density at radius 1 is 1.31 bits per heavy atom. The molecule has 1 fully saturated rings. The van der Waals surface area contributed by atoms with Crippen molar-refractivity contribution < 1.29 is 4.79 Å². The lowest BCUT2D eigenvalue weighted by Crippen LogP contribution is -2.15. The van der Waals surface area contributed by atoms with Gasteiger partial charge >= 0.3 is 0 Å². The number of aromatic nitrogens is 2. The smallest absolute Gasteiger partial charge is 0.132 e. The SMILES string of the molecule is CC(C)c1ccnc(C2CCC(=O)CC2)n1. The lowest BCUT2D eigenvalue weighted by Gasteiger charge is -2.20. The number of rotatable bonds is 2. The van der Waals surface area contributed by atoms with Gasteiger partial charge in [0.05, 0.1) is 0 Å². The van der Waals surface area contributed by atoms with E-state index >= 15 is 0 Å². The van der Waals surface area contributed by atoms with Crippen molar-refractivity contribution in [2.75, 3.05) is 0 Å². The highest BCUT2D eigenvalue weighted by Crippen LogP contribution is 2.29. The van der Waals surface area contributed by atoms with E-state index < -0.39 is 0 Å². The predicted octanol–water partition coefficient (Wildman–Crippen LogP) is 2.83. The van der Waals surface area contributed by atoms with Crippen LogP contribution in [0.25, 0.3) is 0 Å². The molecule has 1 aromatic rings. The highest BCUT2D eigenvalue weighted by molar-refractivity contribution is 5.79. The van der Waals surface area contributed by atoms with Crippen LogP contribution in [-0.2, 0) is 4.79 Å². The quantitative estimate of drug-likeness (QED) is 0.766. The Bertz CT molecular complexity index is 377. The molecule has 0 N–H and O–H groups in total. The Balaban J connectivity index is 2.14.